The van der Waals surface area contributed by atoms with Crippen molar-refractivity contribution < 1.29 is 4.79 Å². The summed E-state index contributed by atoms with van der Waals surface area (Å²) in [4.78, 5) is 18.0. The van der Waals surface area contributed by atoms with Crippen LogP contribution in [0.15, 0.2) is 18.3 Å². The van der Waals surface area contributed by atoms with Gasteiger partial charge in [0.05, 0.1) is 12.1 Å². The van der Waals surface area contributed by atoms with Crippen molar-refractivity contribution in [3.63, 3.8) is 0 Å². The lowest BCUT2D eigenvalue weighted by atomic mass is 10.1. The standard InChI is InChI=1S/C11H15N3O/c12-8-10(15)9-4-3-5-13-11(9)14-6-1-2-7-14/h3-5H,1-2,6-8,12H2. The van der Waals surface area contributed by atoms with Gasteiger partial charge >= 0.3 is 0 Å². The summed E-state index contributed by atoms with van der Waals surface area (Å²) in [7, 11) is 0. The number of ketones is 1. The van der Waals surface area contributed by atoms with Gasteiger partial charge in [0, 0.05) is 19.3 Å². The first kappa shape index (κ1) is 10.1. The van der Waals surface area contributed by atoms with E-state index < -0.39 is 0 Å². The van der Waals surface area contributed by atoms with Crippen molar-refractivity contribution in [3.8, 4) is 0 Å². The summed E-state index contributed by atoms with van der Waals surface area (Å²) in [5.41, 5.74) is 6.03. The third-order valence-electron chi connectivity index (χ3n) is 2.68. The van der Waals surface area contributed by atoms with Crippen molar-refractivity contribution in [2.24, 2.45) is 5.73 Å². The molecular weight excluding hydrogens is 190 g/mol. The second kappa shape index (κ2) is 4.40. The quantitative estimate of drug-likeness (QED) is 0.742. The summed E-state index contributed by atoms with van der Waals surface area (Å²) in [5, 5.41) is 0. The van der Waals surface area contributed by atoms with E-state index in [0.717, 1.165) is 18.9 Å². The largest absolute Gasteiger partial charge is 0.356 e. The number of aromatic nitrogens is 1. The summed E-state index contributed by atoms with van der Waals surface area (Å²) in [6.07, 6.45) is 4.07. The number of carbonyl (C=O) groups excluding carboxylic acids is 1. The van der Waals surface area contributed by atoms with Crippen LogP contribution in [-0.4, -0.2) is 30.4 Å². The number of Topliss-reactive ketones (excluding diaryl/α,β-unsaturated/α-hetero) is 1. The summed E-state index contributed by atoms with van der Waals surface area (Å²) in [6.45, 7) is 2.02. The molecular formula is C11H15N3O. The fourth-order valence-corrected chi connectivity index (χ4v) is 1.91. The van der Waals surface area contributed by atoms with Crippen LogP contribution in [-0.2, 0) is 0 Å². The Bertz CT molecular complexity index is 359. The second-order valence-corrected chi connectivity index (χ2v) is 3.70. The Morgan fingerprint density at radius 2 is 2.20 bits per heavy atom. The molecule has 0 aliphatic carbocycles. The second-order valence-electron chi connectivity index (χ2n) is 3.70. The molecule has 1 fully saturated rings. The van der Waals surface area contributed by atoms with Gasteiger partial charge in [-0.25, -0.2) is 4.98 Å². The van der Waals surface area contributed by atoms with Crippen molar-refractivity contribution in [3.05, 3.63) is 23.9 Å². The zero-order valence-corrected chi connectivity index (χ0v) is 8.65. The van der Waals surface area contributed by atoms with E-state index in [2.05, 4.69) is 9.88 Å². The molecule has 4 nitrogen and oxygen atoms in total. The van der Waals surface area contributed by atoms with Crippen LogP contribution < -0.4 is 10.6 Å². The number of rotatable bonds is 3. The average Bonchev–Trinajstić information content (AvgIpc) is 2.81. The van der Waals surface area contributed by atoms with E-state index in [1.54, 1.807) is 18.3 Å². The smallest absolute Gasteiger partial charge is 0.180 e. The van der Waals surface area contributed by atoms with E-state index in [4.69, 9.17) is 5.73 Å². The molecule has 0 atom stereocenters. The van der Waals surface area contributed by atoms with Gasteiger partial charge in [0.15, 0.2) is 5.78 Å². The lowest BCUT2D eigenvalue weighted by Gasteiger charge is -2.18. The van der Waals surface area contributed by atoms with Crippen LogP contribution in [0.3, 0.4) is 0 Å². The maximum absolute atomic E-state index is 11.6. The monoisotopic (exact) mass is 205 g/mol. The van der Waals surface area contributed by atoms with E-state index in [1.807, 2.05) is 0 Å². The Kier molecular flexibility index (Phi) is 2.97. The molecule has 1 saturated heterocycles. The van der Waals surface area contributed by atoms with Crippen LogP contribution in [0, 0.1) is 0 Å². The Morgan fingerprint density at radius 3 is 2.87 bits per heavy atom. The summed E-state index contributed by atoms with van der Waals surface area (Å²) in [5.74, 6) is 0.760. The van der Waals surface area contributed by atoms with Crippen molar-refractivity contribution in [2.45, 2.75) is 12.8 Å². The maximum Gasteiger partial charge on any atom is 0.180 e. The minimum atomic E-state index is -0.0370. The van der Waals surface area contributed by atoms with Gasteiger partial charge in [-0.2, -0.15) is 0 Å². The normalized spacial score (nSPS) is 15.7. The molecule has 0 saturated carbocycles. The van der Waals surface area contributed by atoms with Gasteiger partial charge in [-0.3, -0.25) is 4.79 Å². The molecule has 1 aromatic heterocycles. The van der Waals surface area contributed by atoms with E-state index in [9.17, 15) is 4.79 Å². The highest BCUT2D eigenvalue weighted by atomic mass is 16.1. The zero-order valence-electron chi connectivity index (χ0n) is 8.65. The van der Waals surface area contributed by atoms with E-state index >= 15 is 0 Å². The first-order valence-corrected chi connectivity index (χ1v) is 5.26. The molecule has 1 aromatic rings. The molecule has 1 aliphatic rings. The molecule has 2 N–H and O–H groups in total. The first-order valence-electron chi connectivity index (χ1n) is 5.26. The predicted octanol–water partition coefficient (Wildman–Crippen LogP) is 0.823. The van der Waals surface area contributed by atoms with Gasteiger partial charge in [0.25, 0.3) is 0 Å². The topological polar surface area (TPSA) is 59.2 Å². The van der Waals surface area contributed by atoms with Crippen molar-refractivity contribution in [1.29, 1.82) is 0 Å². The first-order chi connectivity index (χ1) is 7.33. The Hall–Kier alpha value is -1.42. The predicted molar refractivity (Wildman–Crippen MR) is 59.1 cm³/mol. The van der Waals surface area contributed by atoms with Gasteiger partial charge in [0.2, 0.25) is 0 Å². The molecule has 0 amide bonds. The Labute approximate surface area is 89.1 Å². The molecule has 2 rings (SSSR count). The van der Waals surface area contributed by atoms with E-state index in [0.29, 0.717) is 5.56 Å². The van der Waals surface area contributed by atoms with Crippen LogP contribution >= 0.6 is 0 Å². The Balaban J connectivity index is 2.32. The average molecular weight is 205 g/mol. The maximum atomic E-state index is 11.6. The number of hydrogen-bond acceptors (Lipinski definition) is 4. The van der Waals surface area contributed by atoms with Gasteiger partial charge in [0.1, 0.15) is 5.82 Å². The van der Waals surface area contributed by atoms with Crippen LogP contribution in [0.4, 0.5) is 5.82 Å². The lowest BCUT2D eigenvalue weighted by Crippen LogP contribution is -2.24. The van der Waals surface area contributed by atoms with Gasteiger partial charge < -0.3 is 10.6 Å². The molecule has 80 valence electrons. The van der Waals surface area contributed by atoms with Crippen LogP contribution in [0.5, 0.6) is 0 Å². The fraction of sp³-hybridized carbons (Fsp3) is 0.455. The fourth-order valence-electron chi connectivity index (χ4n) is 1.91. The number of hydrogen-bond donors (Lipinski definition) is 1. The summed E-state index contributed by atoms with van der Waals surface area (Å²) >= 11 is 0. The van der Waals surface area contributed by atoms with Crippen LogP contribution in [0.2, 0.25) is 0 Å². The highest BCUT2D eigenvalue weighted by molar-refractivity contribution is 6.01. The third-order valence-corrected chi connectivity index (χ3v) is 2.68. The summed E-state index contributed by atoms with van der Waals surface area (Å²) < 4.78 is 0. The molecule has 0 unspecified atom stereocenters. The van der Waals surface area contributed by atoms with Crippen molar-refractivity contribution in [1.82, 2.24) is 4.98 Å². The molecule has 2 heterocycles. The minimum Gasteiger partial charge on any atom is -0.356 e. The highest BCUT2D eigenvalue weighted by Crippen LogP contribution is 2.21. The highest BCUT2D eigenvalue weighted by Gasteiger charge is 2.19. The molecule has 0 bridgehead atoms. The van der Waals surface area contributed by atoms with Gasteiger partial charge in [-0.05, 0) is 25.0 Å². The van der Waals surface area contributed by atoms with Gasteiger partial charge in [-0.15, -0.1) is 0 Å². The SMILES string of the molecule is NCC(=O)c1cccnc1N1CCCC1. The molecule has 15 heavy (non-hydrogen) atoms. The van der Waals surface area contributed by atoms with Crippen LogP contribution in [0.25, 0.3) is 0 Å². The van der Waals surface area contributed by atoms with Crippen LogP contribution in [0.1, 0.15) is 23.2 Å². The third kappa shape index (κ3) is 1.99. The minimum absolute atomic E-state index is 0.0370. The number of anilines is 1. The molecule has 0 spiro atoms. The number of carbonyl (C=O) groups is 1. The van der Waals surface area contributed by atoms with Crippen molar-refractivity contribution in [2.75, 3.05) is 24.5 Å². The van der Waals surface area contributed by atoms with E-state index in [-0.39, 0.29) is 12.3 Å². The molecule has 0 aromatic carbocycles. The van der Waals surface area contributed by atoms with Gasteiger partial charge in [-0.1, -0.05) is 0 Å². The number of nitrogens with two attached hydrogens (primary N) is 1. The Morgan fingerprint density at radius 1 is 1.47 bits per heavy atom. The molecule has 1 aliphatic heterocycles. The zero-order chi connectivity index (χ0) is 10.7. The number of nitrogens with zero attached hydrogens (tertiary/aromatic N) is 2. The molecule has 0 radical (unpaired) electrons. The van der Waals surface area contributed by atoms with E-state index in [1.165, 1.54) is 12.8 Å². The lowest BCUT2D eigenvalue weighted by molar-refractivity contribution is 0.100. The summed E-state index contributed by atoms with van der Waals surface area (Å²) in [6, 6.07) is 3.58. The molecule has 4 heteroatoms. The number of pyridine rings is 1. The van der Waals surface area contributed by atoms with Crippen molar-refractivity contribution >= 4 is 11.6 Å².